The van der Waals surface area contributed by atoms with E-state index in [2.05, 4.69) is 10.4 Å². The predicted molar refractivity (Wildman–Crippen MR) is 77.1 cm³/mol. The van der Waals surface area contributed by atoms with Gasteiger partial charge >= 0.3 is 0 Å². The minimum absolute atomic E-state index is 0.0904. The Kier molecular flexibility index (Phi) is 4.59. The van der Waals surface area contributed by atoms with E-state index in [4.69, 9.17) is 29.0 Å². The highest BCUT2D eigenvalue weighted by Gasteiger charge is 2.17. The molecule has 1 atom stereocenters. The number of thiazole rings is 1. The molecule has 2 rings (SSSR count). The summed E-state index contributed by atoms with van der Waals surface area (Å²) >= 11 is 13.9. The van der Waals surface area contributed by atoms with E-state index in [1.807, 2.05) is 30.5 Å². The molecule has 0 amide bonds. The number of hydrogen-bond acceptors (Lipinski definition) is 4. The van der Waals surface area contributed by atoms with Crippen LogP contribution in [0.5, 0.6) is 0 Å². The molecule has 3 N–H and O–H groups in total. The van der Waals surface area contributed by atoms with E-state index in [-0.39, 0.29) is 6.04 Å². The van der Waals surface area contributed by atoms with E-state index in [9.17, 15) is 0 Å². The maximum absolute atomic E-state index is 6.15. The van der Waals surface area contributed by atoms with E-state index in [1.165, 1.54) is 0 Å². The van der Waals surface area contributed by atoms with Gasteiger partial charge in [0.25, 0.3) is 0 Å². The smallest absolute Gasteiger partial charge is 0.0898 e. The van der Waals surface area contributed by atoms with Crippen molar-refractivity contribution in [2.75, 3.05) is 0 Å². The minimum Gasteiger partial charge on any atom is -0.271 e. The molecule has 0 saturated heterocycles. The van der Waals surface area contributed by atoms with Gasteiger partial charge in [-0.25, -0.2) is 4.98 Å². The summed E-state index contributed by atoms with van der Waals surface area (Å²) in [5.41, 5.74) is 4.56. The van der Waals surface area contributed by atoms with Crippen LogP contribution in [0.4, 0.5) is 0 Å². The summed E-state index contributed by atoms with van der Waals surface area (Å²) in [6.07, 6.45) is 0.609. The fraction of sp³-hybridized carbons (Fsp3) is 0.250. The number of aromatic nitrogens is 1. The van der Waals surface area contributed by atoms with E-state index < -0.39 is 0 Å². The van der Waals surface area contributed by atoms with Crippen LogP contribution in [-0.4, -0.2) is 4.98 Å². The monoisotopic (exact) mass is 301 g/mol. The average molecular weight is 302 g/mol. The van der Waals surface area contributed by atoms with Crippen LogP contribution in [-0.2, 0) is 6.42 Å². The first-order valence-corrected chi connectivity index (χ1v) is 7.06. The standard InChI is InChI=1S/C12H13Cl2N3S/c1-7-16-12(6-18-7)11(17-15)5-8-9(13)3-2-4-10(8)14/h2-4,6,11,17H,5,15H2,1H3. The van der Waals surface area contributed by atoms with Crippen molar-refractivity contribution in [1.29, 1.82) is 0 Å². The third-order valence-corrected chi connectivity index (χ3v) is 4.16. The Morgan fingerprint density at radius 2 is 2.06 bits per heavy atom. The number of aryl methyl sites for hydroxylation is 1. The van der Waals surface area contributed by atoms with Gasteiger partial charge in [-0.15, -0.1) is 11.3 Å². The molecule has 0 bridgehead atoms. The number of nitrogens with one attached hydrogen (secondary N) is 1. The molecule has 0 radical (unpaired) electrons. The van der Waals surface area contributed by atoms with Crippen LogP contribution in [0.2, 0.25) is 10.0 Å². The molecular formula is C12H13Cl2N3S. The van der Waals surface area contributed by atoms with Gasteiger partial charge in [0.2, 0.25) is 0 Å². The highest BCUT2D eigenvalue weighted by Crippen LogP contribution is 2.29. The molecule has 3 nitrogen and oxygen atoms in total. The van der Waals surface area contributed by atoms with Crippen LogP contribution in [0.15, 0.2) is 23.6 Å². The second kappa shape index (κ2) is 5.99. The van der Waals surface area contributed by atoms with Crippen molar-refractivity contribution in [3.05, 3.63) is 49.9 Å². The minimum atomic E-state index is -0.0904. The van der Waals surface area contributed by atoms with Crippen molar-refractivity contribution in [2.45, 2.75) is 19.4 Å². The molecule has 0 aliphatic heterocycles. The Bertz CT molecular complexity index is 522. The average Bonchev–Trinajstić information content (AvgIpc) is 2.76. The van der Waals surface area contributed by atoms with Crippen LogP contribution in [0.25, 0.3) is 0 Å². The predicted octanol–water partition coefficient (Wildman–Crippen LogP) is 3.51. The highest BCUT2D eigenvalue weighted by molar-refractivity contribution is 7.09. The van der Waals surface area contributed by atoms with Gasteiger partial charge in [-0.2, -0.15) is 0 Å². The van der Waals surface area contributed by atoms with E-state index in [1.54, 1.807) is 11.3 Å². The van der Waals surface area contributed by atoms with Crippen LogP contribution in [0.3, 0.4) is 0 Å². The number of benzene rings is 1. The van der Waals surface area contributed by atoms with E-state index in [0.717, 1.165) is 16.3 Å². The molecule has 1 heterocycles. The summed E-state index contributed by atoms with van der Waals surface area (Å²) in [6.45, 7) is 1.96. The summed E-state index contributed by atoms with van der Waals surface area (Å²) < 4.78 is 0. The zero-order chi connectivity index (χ0) is 13.1. The van der Waals surface area contributed by atoms with Crippen molar-refractivity contribution in [3.8, 4) is 0 Å². The lowest BCUT2D eigenvalue weighted by Crippen LogP contribution is -2.30. The Balaban J connectivity index is 2.26. The lowest BCUT2D eigenvalue weighted by atomic mass is 10.0. The van der Waals surface area contributed by atoms with Crippen molar-refractivity contribution < 1.29 is 0 Å². The van der Waals surface area contributed by atoms with Gasteiger partial charge in [-0.05, 0) is 31.0 Å². The molecule has 1 unspecified atom stereocenters. The Morgan fingerprint density at radius 1 is 1.39 bits per heavy atom. The molecule has 0 fully saturated rings. The van der Waals surface area contributed by atoms with E-state index >= 15 is 0 Å². The number of halogens is 2. The number of hydrogen-bond donors (Lipinski definition) is 2. The summed E-state index contributed by atoms with van der Waals surface area (Å²) in [4.78, 5) is 4.43. The van der Waals surface area contributed by atoms with Crippen LogP contribution < -0.4 is 11.3 Å². The van der Waals surface area contributed by atoms with Gasteiger partial charge in [0, 0.05) is 15.4 Å². The fourth-order valence-electron chi connectivity index (χ4n) is 1.72. The van der Waals surface area contributed by atoms with Crippen LogP contribution in [0.1, 0.15) is 22.3 Å². The van der Waals surface area contributed by atoms with E-state index in [0.29, 0.717) is 16.5 Å². The lowest BCUT2D eigenvalue weighted by Gasteiger charge is -2.15. The molecule has 0 spiro atoms. The Morgan fingerprint density at radius 3 is 2.56 bits per heavy atom. The molecule has 6 heteroatoms. The van der Waals surface area contributed by atoms with Gasteiger partial charge in [0.05, 0.1) is 16.7 Å². The summed E-state index contributed by atoms with van der Waals surface area (Å²) in [7, 11) is 0. The largest absolute Gasteiger partial charge is 0.271 e. The van der Waals surface area contributed by atoms with Gasteiger partial charge in [-0.1, -0.05) is 29.3 Å². The van der Waals surface area contributed by atoms with Crippen molar-refractivity contribution in [3.63, 3.8) is 0 Å². The summed E-state index contributed by atoms with van der Waals surface area (Å²) in [6, 6.07) is 5.38. The highest BCUT2D eigenvalue weighted by atomic mass is 35.5. The maximum atomic E-state index is 6.15. The molecule has 18 heavy (non-hydrogen) atoms. The topological polar surface area (TPSA) is 50.9 Å². The second-order valence-corrected chi connectivity index (χ2v) is 5.79. The van der Waals surface area contributed by atoms with Gasteiger partial charge < -0.3 is 0 Å². The molecule has 96 valence electrons. The van der Waals surface area contributed by atoms with Gasteiger partial charge in [-0.3, -0.25) is 11.3 Å². The number of hydrazine groups is 1. The Labute approximate surface area is 120 Å². The third kappa shape index (κ3) is 3.02. The normalized spacial score (nSPS) is 12.7. The zero-order valence-corrected chi connectivity index (χ0v) is 12.1. The maximum Gasteiger partial charge on any atom is 0.0898 e. The third-order valence-electron chi connectivity index (χ3n) is 2.66. The molecular weight excluding hydrogens is 289 g/mol. The van der Waals surface area contributed by atoms with Crippen LogP contribution in [0, 0.1) is 6.92 Å². The second-order valence-electron chi connectivity index (χ2n) is 3.91. The lowest BCUT2D eigenvalue weighted by molar-refractivity contribution is 0.540. The number of rotatable bonds is 4. The molecule has 0 aliphatic rings. The summed E-state index contributed by atoms with van der Waals surface area (Å²) in [5.74, 6) is 5.59. The number of nitrogens with zero attached hydrogens (tertiary/aromatic N) is 1. The number of nitrogens with two attached hydrogens (primary N) is 1. The molecule has 1 aromatic heterocycles. The van der Waals surface area contributed by atoms with Gasteiger partial charge in [0.15, 0.2) is 0 Å². The van der Waals surface area contributed by atoms with Crippen molar-refractivity contribution in [2.24, 2.45) is 5.84 Å². The van der Waals surface area contributed by atoms with Crippen molar-refractivity contribution in [1.82, 2.24) is 10.4 Å². The summed E-state index contributed by atoms with van der Waals surface area (Å²) in [5, 5.41) is 4.30. The first kappa shape index (κ1) is 13.8. The molecule has 0 saturated carbocycles. The zero-order valence-electron chi connectivity index (χ0n) is 9.78. The van der Waals surface area contributed by atoms with Crippen LogP contribution >= 0.6 is 34.5 Å². The molecule has 0 aliphatic carbocycles. The van der Waals surface area contributed by atoms with Gasteiger partial charge in [0.1, 0.15) is 0 Å². The molecule has 2 aromatic rings. The SMILES string of the molecule is Cc1nc(C(Cc2c(Cl)cccc2Cl)NN)cs1. The first-order valence-electron chi connectivity index (χ1n) is 5.43. The Hall–Kier alpha value is -0.650. The van der Waals surface area contributed by atoms with Crippen molar-refractivity contribution >= 4 is 34.5 Å². The molecule has 1 aromatic carbocycles. The first-order chi connectivity index (χ1) is 8.61. The quantitative estimate of drug-likeness (QED) is 0.671. The fourth-order valence-corrected chi connectivity index (χ4v) is 2.94.